The first-order chi connectivity index (χ1) is 16.7. The van der Waals surface area contributed by atoms with E-state index in [1.807, 2.05) is 24.3 Å². The smallest absolute Gasteiger partial charge is 0.225 e. The molecule has 1 heterocycles. The molecule has 0 bridgehead atoms. The van der Waals surface area contributed by atoms with Crippen LogP contribution in [0, 0.1) is 0 Å². The van der Waals surface area contributed by atoms with Crippen molar-refractivity contribution in [3.63, 3.8) is 0 Å². The van der Waals surface area contributed by atoms with Crippen molar-refractivity contribution in [1.29, 1.82) is 0 Å². The van der Waals surface area contributed by atoms with E-state index >= 15 is 0 Å². The Hall–Kier alpha value is -3.05. The lowest BCUT2D eigenvalue weighted by Gasteiger charge is -2.26. The largest absolute Gasteiger partial charge is 0.392 e. The van der Waals surface area contributed by atoms with Gasteiger partial charge < -0.3 is 10.4 Å². The third-order valence-corrected chi connectivity index (χ3v) is 7.20. The number of fused-ring (bicyclic) bond motifs is 3. The van der Waals surface area contributed by atoms with Crippen LogP contribution in [0.5, 0.6) is 0 Å². The topological polar surface area (TPSA) is 75.1 Å². The maximum atomic E-state index is 12.9. The first-order valence-electron chi connectivity index (χ1n) is 12.7. The summed E-state index contributed by atoms with van der Waals surface area (Å²) < 4.78 is 0. The summed E-state index contributed by atoms with van der Waals surface area (Å²) in [6, 6.07) is 16.4. The molecular weight excluding hydrogens is 422 g/mol. The number of rotatable bonds is 7. The van der Waals surface area contributed by atoms with Crippen molar-refractivity contribution in [2.75, 3.05) is 5.32 Å². The van der Waals surface area contributed by atoms with Crippen LogP contribution in [-0.2, 0) is 30.7 Å². The van der Waals surface area contributed by atoms with Crippen molar-refractivity contribution >= 4 is 11.7 Å². The van der Waals surface area contributed by atoms with E-state index in [0.717, 1.165) is 66.7 Å². The molecule has 5 nitrogen and oxygen atoms in total. The Morgan fingerprint density at radius 1 is 0.971 bits per heavy atom. The maximum Gasteiger partial charge on any atom is 0.225 e. The highest BCUT2D eigenvalue weighted by molar-refractivity contribution is 5.90. The van der Waals surface area contributed by atoms with Gasteiger partial charge in [0.15, 0.2) is 5.82 Å². The normalized spacial score (nSPS) is 15.4. The van der Waals surface area contributed by atoms with Gasteiger partial charge in [-0.25, -0.2) is 9.97 Å². The molecule has 0 spiro atoms. The fourth-order valence-corrected chi connectivity index (χ4v) is 5.35. The van der Waals surface area contributed by atoms with Crippen LogP contribution in [0.2, 0.25) is 0 Å². The van der Waals surface area contributed by atoms with Crippen LogP contribution in [0.25, 0.3) is 11.3 Å². The van der Waals surface area contributed by atoms with E-state index in [1.54, 1.807) is 0 Å². The van der Waals surface area contributed by atoms with Crippen molar-refractivity contribution < 1.29 is 9.90 Å². The lowest BCUT2D eigenvalue weighted by atomic mass is 9.85. The average Bonchev–Trinajstić information content (AvgIpc) is 2.89. The molecule has 5 rings (SSSR count). The summed E-state index contributed by atoms with van der Waals surface area (Å²) in [6.07, 6.45) is 9.72. The molecule has 34 heavy (non-hydrogen) atoms. The number of anilines is 1. The predicted octanol–water partition coefficient (Wildman–Crippen LogP) is 5.74. The highest BCUT2D eigenvalue weighted by atomic mass is 16.3. The Labute approximate surface area is 201 Å². The van der Waals surface area contributed by atoms with E-state index in [2.05, 4.69) is 29.6 Å². The van der Waals surface area contributed by atoms with Gasteiger partial charge in [-0.15, -0.1) is 0 Å². The van der Waals surface area contributed by atoms with Crippen molar-refractivity contribution in [2.45, 2.75) is 76.7 Å². The molecule has 3 aromatic rings. The number of nitrogens with one attached hydrogen (secondary N) is 1. The summed E-state index contributed by atoms with van der Waals surface area (Å²) in [5, 5.41) is 12.7. The number of amides is 1. The van der Waals surface area contributed by atoms with Gasteiger partial charge in [0.2, 0.25) is 5.91 Å². The minimum absolute atomic E-state index is 0.0195. The summed E-state index contributed by atoms with van der Waals surface area (Å²) in [4.78, 5) is 23.0. The molecule has 0 saturated heterocycles. The number of hydrogen-bond acceptors (Lipinski definition) is 4. The second kappa shape index (κ2) is 10.5. The molecule has 2 aromatic carbocycles. The number of carbonyl (C=O) groups is 1. The fraction of sp³-hybridized carbons (Fsp3) is 0.414. The van der Waals surface area contributed by atoms with E-state index < -0.39 is 0 Å². The summed E-state index contributed by atoms with van der Waals surface area (Å²) >= 11 is 0. The minimum atomic E-state index is 0.0195. The second-order valence-electron chi connectivity index (χ2n) is 9.62. The molecule has 176 valence electrons. The van der Waals surface area contributed by atoms with E-state index in [0.29, 0.717) is 18.2 Å². The zero-order valence-electron chi connectivity index (χ0n) is 19.7. The standard InChI is InChI=1S/C29H33N3O2/c33-19-21-14-16-24-23(18-21)15-17-25-28(24)32-27(22-11-5-2-6-12-22)29(30-25)31-26(34)13-7-10-20-8-3-1-4-9-20/h1,3-4,8-9,14,16,18,22,33H,2,5-7,10-13,15,17,19H2,(H,30,31,34). The number of aryl methyl sites for hydroxylation is 3. The molecule has 1 fully saturated rings. The van der Waals surface area contributed by atoms with Gasteiger partial charge in [-0.05, 0) is 55.2 Å². The first-order valence-corrected chi connectivity index (χ1v) is 12.7. The van der Waals surface area contributed by atoms with Crippen LogP contribution in [0.15, 0.2) is 48.5 Å². The van der Waals surface area contributed by atoms with Crippen molar-refractivity contribution in [3.05, 3.63) is 76.6 Å². The molecule has 0 aliphatic heterocycles. The van der Waals surface area contributed by atoms with Gasteiger partial charge in [-0.1, -0.05) is 67.8 Å². The number of hydrogen-bond donors (Lipinski definition) is 2. The molecule has 2 aliphatic rings. The summed E-state index contributed by atoms with van der Waals surface area (Å²) in [7, 11) is 0. The average molecular weight is 456 g/mol. The molecule has 0 unspecified atom stereocenters. The monoisotopic (exact) mass is 455 g/mol. The lowest BCUT2D eigenvalue weighted by molar-refractivity contribution is -0.116. The number of benzene rings is 2. The van der Waals surface area contributed by atoms with Gasteiger partial charge in [0.25, 0.3) is 0 Å². The maximum absolute atomic E-state index is 12.9. The van der Waals surface area contributed by atoms with Crippen LogP contribution < -0.4 is 5.32 Å². The lowest BCUT2D eigenvalue weighted by Crippen LogP contribution is -2.20. The van der Waals surface area contributed by atoms with Gasteiger partial charge in [-0.2, -0.15) is 0 Å². The SMILES string of the molecule is O=C(CCCc1ccccc1)Nc1nc2c(nc1C1CCCCC1)-c1ccc(CO)cc1CC2. The molecular formula is C29H33N3O2. The highest BCUT2D eigenvalue weighted by Crippen LogP contribution is 2.39. The van der Waals surface area contributed by atoms with Gasteiger partial charge in [0.1, 0.15) is 0 Å². The van der Waals surface area contributed by atoms with Crippen LogP contribution in [0.3, 0.4) is 0 Å². The number of aromatic nitrogens is 2. The third kappa shape index (κ3) is 5.05. The Kier molecular flexibility index (Phi) is 7.00. The number of nitrogens with zero attached hydrogens (tertiary/aromatic N) is 2. The quantitative estimate of drug-likeness (QED) is 0.476. The Morgan fingerprint density at radius 2 is 1.79 bits per heavy atom. The number of aliphatic hydroxyl groups excluding tert-OH is 1. The molecule has 5 heteroatoms. The van der Waals surface area contributed by atoms with Gasteiger partial charge in [0, 0.05) is 17.9 Å². The Balaban J connectivity index is 1.39. The molecule has 0 atom stereocenters. The van der Waals surface area contributed by atoms with Crippen LogP contribution >= 0.6 is 0 Å². The highest BCUT2D eigenvalue weighted by Gasteiger charge is 2.27. The molecule has 2 N–H and O–H groups in total. The number of aliphatic hydroxyl groups is 1. The van der Waals surface area contributed by atoms with Crippen molar-refractivity contribution in [1.82, 2.24) is 9.97 Å². The predicted molar refractivity (Wildman–Crippen MR) is 135 cm³/mol. The van der Waals surface area contributed by atoms with E-state index in [1.165, 1.54) is 30.4 Å². The van der Waals surface area contributed by atoms with Crippen LogP contribution in [0.1, 0.15) is 78.9 Å². The minimum Gasteiger partial charge on any atom is -0.392 e. The molecule has 2 aliphatic carbocycles. The molecule has 1 amide bonds. The van der Waals surface area contributed by atoms with Gasteiger partial charge in [-0.3, -0.25) is 4.79 Å². The van der Waals surface area contributed by atoms with Crippen LogP contribution in [0.4, 0.5) is 5.82 Å². The van der Waals surface area contributed by atoms with Crippen molar-refractivity contribution in [2.24, 2.45) is 0 Å². The van der Waals surface area contributed by atoms with Gasteiger partial charge >= 0.3 is 0 Å². The van der Waals surface area contributed by atoms with E-state index in [-0.39, 0.29) is 12.5 Å². The summed E-state index contributed by atoms with van der Waals surface area (Å²) in [5.41, 5.74) is 7.40. The zero-order valence-corrected chi connectivity index (χ0v) is 19.7. The van der Waals surface area contributed by atoms with Gasteiger partial charge in [0.05, 0.1) is 23.7 Å². The summed E-state index contributed by atoms with van der Waals surface area (Å²) in [6.45, 7) is 0.0500. The second-order valence-corrected chi connectivity index (χ2v) is 9.62. The zero-order chi connectivity index (χ0) is 23.3. The molecule has 1 saturated carbocycles. The Morgan fingerprint density at radius 3 is 2.59 bits per heavy atom. The third-order valence-electron chi connectivity index (χ3n) is 7.20. The van der Waals surface area contributed by atoms with E-state index in [4.69, 9.17) is 9.97 Å². The molecule has 0 radical (unpaired) electrons. The Bertz CT molecular complexity index is 1150. The number of carbonyl (C=O) groups excluding carboxylic acids is 1. The van der Waals surface area contributed by atoms with Crippen molar-refractivity contribution in [3.8, 4) is 11.3 Å². The first kappa shape index (κ1) is 22.7. The fourth-order valence-electron chi connectivity index (χ4n) is 5.35. The van der Waals surface area contributed by atoms with E-state index in [9.17, 15) is 9.90 Å². The summed E-state index contributed by atoms with van der Waals surface area (Å²) in [5.74, 6) is 1.03. The molecule has 1 aromatic heterocycles. The van der Waals surface area contributed by atoms with Crippen LogP contribution in [-0.4, -0.2) is 21.0 Å².